The molecule has 0 bridgehead atoms. The lowest BCUT2D eigenvalue weighted by atomic mass is 9.97. The molecule has 3 amide bonds. The van der Waals surface area contributed by atoms with Crippen LogP contribution in [0.3, 0.4) is 0 Å². The summed E-state index contributed by atoms with van der Waals surface area (Å²) in [6.07, 6.45) is 9.43. The summed E-state index contributed by atoms with van der Waals surface area (Å²) in [5.41, 5.74) is 2.27. The Morgan fingerprint density at radius 2 is 1.72 bits per heavy atom. The van der Waals surface area contributed by atoms with Crippen LogP contribution in [0.15, 0.2) is 43.0 Å². The summed E-state index contributed by atoms with van der Waals surface area (Å²) in [5.74, 6) is -0.0674. The number of piperidine rings is 1. The van der Waals surface area contributed by atoms with Crippen LogP contribution in [-0.4, -0.2) is 57.5 Å². The van der Waals surface area contributed by atoms with Gasteiger partial charge < -0.3 is 19.7 Å². The predicted octanol–water partition coefficient (Wildman–Crippen LogP) is 2.48. The number of nitrogens with zero attached hydrogens (tertiary/aromatic N) is 4. The zero-order valence-electron chi connectivity index (χ0n) is 16.8. The minimum Gasteiger partial charge on any atom is -0.352 e. The van der Waals surface area contributed by atoms with Crippen molar-refractivity contribution in [2.45, 2.75) is 38.8 Å². The Morgan fingerprint density at radius 1 is 1.00 bits per heavy atom. The molecular weight excluding hydrogens is 366 g/mol. The van der Waals surface area contributed by atoms with E-state index in [0.717, 1.165) is 57.4 Å². The van der Waals surface area contributed by atoms with Crippen molar-refractivity contribution in [3.05, 3.63) is 54.1 Å². The molecule has 2 aliphatic heterocycles. The molecule has 2 aromatic rings. The summed E-state index contributed by atoms with van der Waals surface area (Å²) in [6.45, 7) is 4.30. The van der Waals surface area contributed by atoms with Crippen LogP contribution < -0.4 is 5.32 Å². The Hall–Kier alpha value is -2.83. The Balaban J connectivity index is 1.26. The van der Waals surface area contributed by atoms with Gasteiger partial charge in [0.05, 0.1) is 12.2 Å². The molecule has 1 aromatic heterocycles. The molecular formula is C22H29N5O2. The maximum absolute atomic E-state index is 12.7. The molecule has 4 rings (SSSR count). The van der Waals surface area contributed by atoms with Crippen LogP contribution in [0.2, 0.25) is 0 Å². The summed E-state index contributed by atoms with van der Waals surface area (Å²) in [7, 11) is 0. The Morgan fingerprint density at radius 3 is 2.45 bits per heavy atom. The smallest absolute Gasteiger partial charge is 0.320 e. The number of rotatable bonds is 5. The van der Waals surface area contributed by atoms with Crippen LogP contribution in [0.25, 0.3) is 0 Å². The number of likely N-dealkylation sites (tertiary alicyclic amines) is 2. The number of amides is 3. The molecule has 29 heavy (non-hydrogen) atoms. The molecule has 7 heteroatoms. The molecule has 2 aliphatic rings. The van der Waals surface area contributed by atoms with Gasteiger partial charge in [-0.3, -0.25) is 4.79 Å². The number of carbonyl (C=O) groups excluding carboxylic acids is 2. The van der Waals surface area contributed by atoms with Gasteiger partial charge in [0.15, 0.2) is 0 Å². The zero-order chi connectivity index (χ0) is 20.1. The minimum atomic E-state index is -0.115. The average molecular weight is 396 g/mol. The molecule has 7 nitrogen and oxygen atoms in total. The molecule has 0 aliphatic carbocycles. The third kappa shape index (κ3) is 4.96. The summed E-state index contributed by atoms with van der Waals surface area (Å²) >= 11 is 0. The van der Waals surface area contributed by atoms with Gasteiger partial charge in [-0.25, -0.2) is 9.78 Å². The van der Waals surface area contributed by atoms with E-state index in [-0.39, 0.29) is 17.9 Å². The first-order valence-corrected chi connectivity index (χ1v) is 10.5. The van der Waals surface area contributed by atoms with E-state index in [1.54, 1.807) is 12.5 Å². The van der Waals surface area contributed by atoms with Crippen LogP contribution in [0.5, 0.6) is 0 Å². The normalized spacial score (nSPS) is 19.4. The molecule has 154 valence electrons. The van der Waals surface area contributed by atoms with E-state index < -0.39 is 0 Å². The molecule has 3 heterocycles. The molecule has 1 N–H and O–H groups in total. The second-order valence-electron chi connectivity index (χ2n) is 8.03. The summed E-state index contributed by atoms with van der Waals surface area (Å²) < 4.78 is 2.02. The van der Waals surface area contributed by atoms with Gasteiger partial charge in [0.1, 0.15) is 0 Å². The van der Waals surface area contributed by atoms with Crippen LogP contribution in [0.4, 0.5) is 4.79 Å². The Labute approximate surface area is 171 Å². The van der Waals surface area contributed by atoms with Gasteiger partial charge in [-0.05, 0) is 36.8 Å². The number of hydrogen-bond acceptors (Lipinski definition) is 3. The first-order valence-electron chi connectivity index (χ1n) is 10.5. The van der Waals surface area contributed by atoms with Crippen LogP contribution in [0.1, 0.15) is 36.8 Å². The highest BCUT2D eigenvalue weighted by atomic mass is 16.2. The van der Waals surface area contributed by atoms with Gasteiger partial charge in [0.25, 0.3) is 0 Å². The van der Waals surface area contributed by atoms with Gasteiger partial charge in [-0.1, -0.05) is 24.3 Å². The highest BCUT2D eigenvalue weighted by Crippen LogP contribution is 2.20. The highest BCUT2D eigenvalue weighted by Gasteiger charge is 2.31. The third-order valence-electron chi connectivity index (χ3n) is 5.85. The lowest BCUT2D eigenvalue weighted by molar-refractivity contribution is -0.126. The second kappa shape index (κ2) is 9.11. The van der Waals surface area contributed by atoms with Gasteiger partial charge in [-0.2, -0.15) is 0 Å². The van der Waals surface area contributed by atoms with Crippen molar-refractivity contribution in [1.82, 2.24) is 24.7 Å². The zero-order valence-corrected chi connectivity index (χ0v) is 16.8. The van der Waals surface area contributed by atoms with E-state index in [4.69, 9.17) is 0 Å². The van der Waals surface area contributed by atoms with Crippen LogP contribution >= 0.6 is 0 Å². The first-order chi connectivity index (χ1) is 14.2. The SMILES string of the molecule is O=C(NCc1ccc(Cn2ccnc2)cc1)[C@H]1CCCN(C(=O)N2CCCC2)C1. The van der Waals surface area contributed by atoms with E-state index in [2.05, 4.69) is 34.6 Å². The molecule has 2 saturated heterocycles. The number of carbonyl (C=O) groups is 2. The topological polar surface area (TPSA) is 70.5 Å². The molecule has 1 atom stereocenters. The van der Waals surface area contributed by atoms with E-state index in [1.807, 2.05) is 20.6 Å². The van der Waals surface area contributed by atoms with Crippen molar-refractivity contribution in [3.63, 3.8) is 0 Å². The van der Waals surface area contributed by atoms with Crippen molar-refractivity contribution in [2.75, 3.05) is 26.2 Å². The summed E-state index contributed by atoms with van der Waals surface area (Å²) in [6, 6.07) is 8.37. The maximum atomic E-state index is 12.7. The highest BCUT2D eigenvalue weighted by molar-refractivity contribution is 5.81. The van der Waals surface area contributed by atoms with Crippen molar-refractivity contribution in [1.29, 1.82) is 0 Å². The van der Waals surface area contributed by atoms with Crippen molar-refractivity contribution in [3.8, 4) is 0 Å². The number of imidazole rings is 1. The lowest BCUT2D eigenvalue weighted by Gasteiger charge is -2.34. The van der Waals surface area contributed by atoms with E-state index in [1.165, 1.54) is 5.56 Å². The van der Waals surface area contributed by atoms with E-state index in [9.17, 15) is 9.59 Å². The fourth-order valence-electron chi connectivity index (χ4n) is 4.16. The molecule has 2 fully saturated rings. The number of urea groups is 1. The van der Waals surface area contributed by atoms with E-state index in [0.29, 0.717) is 13.1 Å². The first kappa shape index (κ1) is 19.5. The predicted molar refractivity (Wildman–Crippen MR) is 110 cm³/mol. The van der Waals surface area contributed by atoms with Crippen molar-refractivity contribution < 1.29 is 9.59 Å². The number of benzene rings is 1. The fourth-order valence-corrected chi connectivity index (χ4v) is 4.16. The van der Waals surface area contributed by atoms with E-state index >= 15 is 0 Å². The largest absolute Gasteiger partial charge is 0.352 e. The Kier molecular flexibility index (Phi) is 6.12. The fraction of sp³-hybridized carbons (Fsp3) is 0.500. The summed E-state index contributed by atoms with van der Waals surface area (Å²) in [5, 5.41) is 3.06. The molecule has 0 spiro atoms. The summed E-state index contributed by atoms with van der Waals surface area (Å²) in [4.78, 5) is 33.1. The Bertz CT molecular complexity index is 812. The quantitative estimate of drug-likeness (QED) is 0.846. The van der Waals surface area contributed by atoms with Crippen molar-refractivity contribution >= 4 is 11.9 Å². The van der Waals surface area contributed by atoms with Gasteiger partial charge >= 0.3 is 6.03 Å². The number of aromatic nitrogens is 2. The monoisotopic (exact) mass is 395 g/mol. The minimum absolute atomic E-state index is 0.0476. The molecule has 0 radical (unpaired) electrons. The molecule has 0 saturated carbocycles. The molecule has 0 unspecified atom stereocenters. The van der Waals surface area contributed by atoms with Crippen molar-refractivity contribution in [2.24, 2.45) is 5.92 Å². The van der Waals surface area contributed by atoms with Gasteiger partial charge in [0, 0.05) is 51.7 Å². The standard InChI is InChI=1S/C22H29N5O2/c28-21(20-4-3-12-27(16-20)22(29)26-10-1-2-11-26)24-14-18-5-7-19(8-6-18)15-25-13-9-23-17-25/h5-9,13,17,20H,1-4,10-12,14-16H2,(H,24,28)/t20-/m0/s1. The number of nitrogens with one attached hydrogen (secondary N) is 1. The van der Waals surface area contributed by atoms with Gasteiger partial charge in [-0.15, -0.1) is 0 Å². The average Bonchev–Trinajstić information content (AvgIpc) is 3.47. The second-order valence-corrected chi connectivity index (χ2v) is 8.03. The third-order valence-corrected chi connectivity index (χ3v) is 5.85. The number of hydrogen-bond donors (Lipinski definition) is 1. The van der Waals surface area contributed by atoms with Crippen LogP contribution in [-0.2, 0) is 17.9 Å². The van der Waals surface area contributed by atoms with Gasteiger partial charge in [0.2, 0.25) is 5.91 Å². The lowest BCUT2D eigenvalue weighted by Crippen LogP contribution is -2.49. The van der Waals surface area contributed by atoms with Crippen LogP contribution in [0, 0.1) is 5.92 Å². The molecule has 1 aromatic carbocycles. The maximum Gasteiger partial charge on any atom is 0.320 e.